The average Bonchev–Trinajstić information content (AvgIpc) is 2.63. The maximum Gasteiger partial charge on any atom is 0.217 e. The van der Waals surface area contributed by atoms with Crippen LogP contribution >= 0.6 is 0 Å². The minimum Gasteiger partial charge on any atom is -0.370 e. The highest BCUT2D eigenvalue weighted by molar-refractivity contribution is 5.76. The Labute approximate surface area is 143 Å². The van der Waals surface area contributed by atoms with Crippen molar-refractivity contribution in [3.63, 3.8) is 0 Å². The molecule has 0 saturated heterocycles. The minimum atomic E-state index is -0.224. The first-order valence-electron chi connectivity index (χ1n) is 8.48. The lowest BCUT2D eigenvalue weighted by Crippen LogP contribution is -2.25. The topological polar surface area (TPSA) is 43.1 Å². The summed E-state index contributed by atoms with van der Waals surface area (Å²) in [5.41, 5.74) is 9.08. The van der Waals surface area contributed by atoms with Gasteiger partial charge in [0.15, 0.2) is 0 Å². The molecule has 1 atom stereocenters. The summed E-state index contributed by atoms with van der Waals surface area (Å²) < 4.78 is 0. The molecule has 2 aromatic carbocycles. The Morgan fingerprint density at radius 1 is 1.00 bits per heavy atom. The van der Waals surface area contributed by atoms with E-state index in [-0.39, 0.29) is 11.3 Å². The first kappa shape index (κ1) is 16.3. The highest BCUT2D eigenvalue weighted by Gasteiger charge is 2.30. The summed E-state index contributed by atoms with van der Waals surface area (Å²) in [6, 6.07) is 21.0. The van der Waals surface area contributed by atoms with Crippen LogP contribution in [0.3, 0.4) is 0 Å². The van der Waals surface area contributed by atoms with E-state index < -0.39 is 0 Å². The molecule has 1 aliphatic carbocycles. The molecular weight excluding hydrogens is 294 g/mol. The van der Waals surface area contributed by atoms with Crippen molar-refractivity contribution in [2.24, 2.45) is 5.73 Å². The summed E-state index contributed by atoms with van der Waals surface area (Å²) in [4.78, 5) is 11.1. The van der Waals surface area contributed by atoms with Crippen LogP contribution in [0.1, 0.15) is 36.8 Å². The molecule has 2 N–H and O–H groups in total. The third-order valence-corrected chi connectivity index (χ3v) is 4.77. The summed E-state index contributed by atoms with van der Waals surface area (Å²) in [6.45, 7) is 0. The number of carbonyl (C=O) groups excluding carboxylic acids is 1. The molecule has 1 aliphatic rings. The molecule has 1 amide bonds. The summed E-state index contributed by atoms with van der Waals surface area (Å²) in [7, 11) is 0. The van der Waals surface area contributed by atoms with E-state index in [4.69, 9.17) is 5.73 Å². The quantitative estimate of drug-likeness (QED) is 0.829. The lowest BCUT2D eigenvalue weighted by atomic mass is 9.70. The molecule has 0 heterocycles. The Hall–Kier alpha value is -2.61. The fourth-order valence-electron chi connectivity index (χ4n) is 3.41. The summed E-state index contributed by atoms with van der Waals surface area (Å²) in [6.07, 6.45) is 9.96. The van der Waals surface area contributed by atoms with Gasteiger partial charge >= 0.3 is 0 Å². The third kappa shape index (κ3) is 3.65. The van der Waals surface area contributed by atoms with E-state index in [1.54, 1.807) is 0 Å². The first-order valence-corrected chi connectivity index (χ1v) is 8.48. The first-order chi connectivity index (χ1) is 11.7. The van der Waals surface area contributed by atoms with Gasteiger partial charge < -0.3 is 5.73 Å². The number of hydrogen-bond acceptors (Lipinski definition) is 1. The number of hydrogen-bond donors (Lipinski definition) is 1. The summed E-state index contributed by atoms with van der Waals surface area (Å²) in [5.74, 6) is -0.224. The van der Waals surface area contributed by atoms with Gasteiger partial charge in [-0.1, -0.05) is 78.9 Å². The Morgan fingerprint density at radius 3 is 2.25 bits per heavy atom. The Bertz CT molecular complexity index is 746. The molecule has 0 aliphatic heterocycles. The highest BCUT2D eigenvalue weighted by atomic mass is 16.1. The van der Waals surface area contributed by atoms with Crippen LogP contribution in [-0.4, -0.2) is 5.91 Å². The molecule has 122 valence electrons. The van der Waals surface area contributed by atoms with Gasteiger partial charge in [0, 0.05) is 11.8 Å². The molecule has 0 fully saturated rings. The van der Waals surface area contributed by atoms with E-state index >= 15 is 0 Å². The minimum absolute atomic E-state index is 0.0466. The molecule has 0 saturated carbocycles. The molecule has 1 unspecified atom stereocenters. The molecule has 0 aromatic heterocycles. The van der Waals surface area contributed by atoms with Crippen molar-refractivity contribution in [3.05, 3.63) is 90.0 Å². The lowest BCUT2D eigenvalue weighted by molar-refractivity contribution is -0.118. The van der Waals surface area contributed by atoms with Gasteiger partial charge in [-0.2, -0.15) is 0 Å². The van der Waals surface area contributed by atoms with Gasteiger partial charge in [0.05, 0.1) is 0 Å². The zero-order valence-electron chi connectivity index (χ0n) is 13.8. The standard InChI is InChI=1S/C22H23NO/c23-21(24)12-7-15-22(20-10-5-2-6-11-20)16-13-19(14-17-22)18-8-3-1-4-9-18/h1-6,8-11,13-14,16H,7,12,15,17H2,(H2,23,24). The molecule has 2 nitrogen and oxygen atoms in total. The Kier molecular flexibility index (Phi) is 4.95. The highest BCUT2D eigenvalue weighted by Crippen LogP contribution is 2.40. The van der Waals surface area contributed by atoms with Crippen LogP contribution in [0, 0.1) is 0 Å². The van der Waals surface area contributed by atoms with Crippen LogP contribution in [-0.2, 0) is 10.2 Å². The van der Waals surface area contributed by atoms with Gasteiger partial charge in [0.2, 0.25) is 5.91 Å². The maximum atomic E-state index is 11.1. The zero-order valence-corrected chi connectivity index (χ0v) is 13.8. The second-order valence-electron chi connectivity index (χ2n) is 6.40. The van der Waals surface area contributed by atoms with Crippen LogP contribution in [0.2, 0.25) is 0 Å². The number of allylic oxidation sites excluding steroid dienone is 4. The summed E-state index contributed by atoms with van der Waals surface area (Å²) >= 11 is 0. The zero-order chi connectivity index (χ0) is 16.8. The van der Waals surface area contributed by atoms with Gasteiger partial charge in [0.25, 0.3) is 0 Å². The van der Waals surface area contributed by atoms with E-state index in [1.807, 2.05) is 12.1 Å². The van der Waals surface area contributed by atoms with Crippen molar-refractivity contribution < 1.29 is 4.79 Å². The fraction of sp³-hybridized carbons (Fsp3) is 0.227. The average molecular weight is 317 g/mol. The van der Waals surface area contributed by atoms with Crippen molar-refractivity contribution in [1.29, 1.82) is 0 Å². The Morgan fingerprint density at radius 2 is 1.67 bits per heavy atom. The van der Waals surface area contributed by atoms with Gasteiger partial charge in [-0.3, -0.25) is 4.79 Å². The van der Waals surface area contributed by atoms with E-state index in [1.165, 1.54) is 16.7 Å². The third-order valence-electron chi connectivity index (χ3n) is 4.77. The molecule has 3 rings (SSSR count). The van der Waals surface area contributed by atoms with Crippen LogP contribution in [0.4, 0.5) is 0 Å². The smallest absolute Gasteiger partial charge is 0.217 e. The number of primary amides is 1. The molecule has 24 heavy (non-hydrogen) atoms. The second kappa shape index (κ2) is 7.31. The predicted octanol–water partition coefficient (Wildman–Crippen LogP) is 4.62. The van der Waals surface area contributed by atoms with Crippen molar-refractivity contribution >= 4 is 11.5 Å². The summed E-state index contributed by atoms with van der Waals surface area (Å²) in [5, 5.41) is 0. The van der Waals surface area contributed by atoms with Gasteiger partial charge in [0.1, 0.15) is 0 Å². The number of benzene rings is 2. The molecule has 0 spiro atoms. The van der Waals surface area contributed by atoms with Crippen LogP contribution in [0.25, 0.3) is 5.57 Å². The van der Waals surface area contributed by atoms with Crippen molar-refractivity contribution in [3.8, 4) is 0 Å². The molecule has 0 bridgehead atoms. The van der Waals surface area contributed by atoms with Crippen molar-refractivity contribution in [1.82, 2.24) is 0 Å². The van der Waals surface area contributed by atoms with Gasteiger partial charge in [-0.25, -0.2) is 0 Å². The fourth-order valence-corrected chi connectivity index (χ4v) is 3.41. The van der Waals surface area contributed by atoms with E-state index in [0.29, 0.717) is 6.42 Å². The van der Waals surface area contributed by atoms with E-state index in [2.05, 4.69) is 66.8 Å². The Balaban J connectivity index is 1.84. The molecule has 2 aromatic rings. The second-order valence-corrected chi connectivity index (χ2v) is 6.40. The van der Waals surface area contributed by atoms with Gasteiger partial charge in [-0.15, -0.1) is 0 Å². The number of rotatable bonds is 6. The lowest BCUT2D eigenvalue weighted by Gasteiger charge is -2.33. The normalized spacial score (nSPS) is 19.8. The van der Waals surface area contributed by atoms with E-state index in [0.717, 1.165) is 19.3 Å². The number of nitrogens with two attached hydrogens (primary N) is 1. The largest absolute Gasteiger partial charge is 0.370 e. The maximum absolute atomic E-state index is 11.1. The van der Waals surface area contributed by atoms with Crippen LogP contribution in [0.15, 0.2) is 78.9 Å². The van der Waals surface area contributed by atoms with E-state index in [9.17, 15) is 4.79 Å². The molecule has 0 radical (unpaired) electrons. The van der Waals surface area contributed by atoms with Gasteiger partial charge in [-0.05, 0) is 36.0 Å². The van der Waals surface area contributed by atoms with Crippen molar-refractivity contribution in [2.45, 2.75) is 31.1 Å². The SMILES string of the molecule is NC(=O)CCCC1(c2ccccc2)C=CC(c2ccccc2)=CC1. The molecule has 2 heteroatoms. The van der Waals surface area contributed by atoms with Crippen LogP contribution < -0.4 is 5.73 Å². The van der Waals surface area contributed by atoms with Crippen molar-refractivity contribution in [2.75, 3.05) is 0 Å². The number of amides is 1. The van der Waals surface area contributed by atoms with Crippen LogP contribution in [0.5, 0.6) is 0 Å². The predicted molar refractivity (Wildman–Crippen MR) is 99.3 cm³/mol. The number of carbonyl (C=O) groups is 1. The monoisotopic (exact) mass is 317 g/mol. The molecular formula is C22H23NO.